The van der Waals surface area contributed by atoms with Crippen LogP contribution in [-0.4, -0.2) is 24.2 Å². The molecular weight excluding hydrogens is 222 g/mol. The Bertz CT molecular complexity index is 408. The lowest BCUT2D eigenvalue weighted by Gasteiger charge is -2.07. The second-order valence-electron chi connectivity index (χ2n) is 3.56. The summed E-state index contributed by atoms with van der Waals surface area (Å²) in [5, 5.41) is 15.0. The minimum atomic E-state index is -0.491. The van der Waals surface area contributed by atoms with E-state index in [0.717, 1.165) is 6.42 Å². The zero-order valence-electron chi connectivity index (χ0n) is 9.90. The molecule has 0 aliphatic rings. The molecule has 0 spiro atoms. The lowest BCUT2D eigenvalue weighted by molar-refractivity contribution is 0.0934. The number of carbonyl (C=O) groups is 1. The third-order valence-corrected chi connectivity index (χ3v) is 2.12. The van der Waals surface area contributed by atoms with E-state index in [1.54, 1.807) is 0 Å². The maximum Gasteiger partial charge on any atom is 0.274 e. The van der Waals surface area contributed by atoms with Crippen molar-refractivity contribution in [3.8, 4) is 6.07 Å². The van der Waals surface area contributed by atoms with Crippen molar-refractivity contribution in [2.24, 2.45) is 0 Å². The summed E-state index contributed by atoms with van der Waals surface area (Å²) in [5.41, 5.74) is 0.161. The number of carbonyl (C=O) groups excluding carboxylic acids is 1. The van der Waals surface area contributed by atoms with Gasteiger partial charge < -0.3 is 14.6 Å². The van der Waals surface area contributed by atoms with Crippen LogP contribution in [0.3, 0.4) is 0 Å². The molecule has 1 aromatic heterocycles. The summed E-state index contributed by atoms with van der Waals surface area (Å²) >= 11 is 0. The minimum Gasteiger partial charge on any atom is -0.377 e. The Balaban J connectivity index is 2.59. The lowest BCUT2D eigenvalue weighted by Crippen LogP contribution is -2.33. The fraction of sp³-hybridized carbons (Fsp3) is 0.545. The Morgan fingerprint density at radius 2 is 2.53 bits per heavy atom. The van der Waals surface area contributed by atoms with E-state index < -0.39 is 11.9 Å². The number of nitriles is 1. The van der Waals surface area contributed by atoms with Gasteiger partial charge in [-0.15, -0.1) is 0 Å². The zero-order chi connectivity index (χ0) is 12.7. The van der Waals surface area contributed by atoms with Crippen LogP contribution in [-0.2, 0) is 11.3 Å². The molecule has 1 heterocycles. The molecule has 1 unspecified atom stereocenters. The van der Waals surface area contributed by atoms with E-state index in [1.807, 2.05) is 13.0 Å². The first-order valence-electron chi connectivity index (χ1n) is 5.36. The number of ether oxygens (including phenoxy) is 1. The SMILES string of the molecule is CCCC(C#N)NC(=O)c1cc(COC)on1. The highest BCUT2D eigenvalue weighted by Gasteiger charge is 2.16. The van der Waals surface area contributed by atoms with E-state index in [0.29, 0.717) is 12.2 Å². The van der Waals surface area contributed by atoms with Crippen molar-refractivity contribution in [3.05, 3.63) is 17.5 Å². The maximum atomic E-state index is 11.7. The van der Waals surface area contributed by atoms with Gasteiger partial charge in [-0.05, 0) is 6.42 Å². The van der Waals surface area contributed by atoms with Crippen LogP contribution in [0.15, 0.2) is 10.6 Å². The molecule has 0 aliphatic heterocycles. The van der Waals surface area contributed by atoms with Crippen molar-refractivity contribution in [1.29, 1.82) is 5.26 Å². The number of hydrogen-bond donors (Lipinski definition) is 1. The summed E-state index contributed by atoms with van der Waals surface area (Å²) in [6.07, 6.45) is 1.44. The topological polar surface area (TPSA) is 88.2 Å². The lowest BCUT2D eigenvalue weighted by atomic mass is 10.2. The maximum absolute atomic E-state index is 11.7. The van der Waals surface area contributed by atoms with Gasteiger partial charge in [-0.3, -0.25) is 4.79 Å². The van der Waals surface area contributed by atoms with Gasteiger partial charge in [0.25, 0.3) is 5.91 Å². The zero-order valence-corrected chi connectivity index (χ0v) is 9.90. The Kier molecular flexibility index (Phi) is 5.17. The molecule has 0 aromatic carbocycles. The normalized spacial score (nSPS) is 11.8. The Hall–Kier alpha value is -1.87. The second kappa shape index (κ2) is 6.66. The van der Waals surface area contributed by atoms with Crippen molar-refractivity contribution in [2.75, 3.05) is 7.11 Å². The van der Waals surface area contributed by atoms with Gasteiger partial charge in [0.05, 0.1) is 6.07 Å². The predicted molar refractivity (Wildman–Crippen MR) is 59.0 cm³/mol. The van der Waals surface area contributed by atoms with Crippen molar-refractivity contribution < 1.29 is 14.1 Å². The molecule has 17 heavy (non-hydrogen) atoms. The molecule has 1 amide bonds. The van der Waals surface area contributed by atoms with Crippen LogP contribution in [0.2, 0.25) is 0 Å². The molecule has 0 bridgehead atoms. The first-order chi connectivity index (χ1) is 8.21. The third kappa shape index (κ3) is 3.89. The van der Waals surface area contributed by atoms with Crippen LogP contribution in [0.25, 0.3) is 0 Å². The predicted octanol–water partition coefficient (Wildman–Crippen LogP) is 1.24. The Morgan fingerprint density at radius 3 is 3.12 bits per heavy atom. The van der Waals surface area contributed by atoms with Crippen LogP contribution in [0.4, 0.5) is 0 Å². The Morgan fingerprint density at radius 1 is 1.76 bits per heavy atom. The highest BCUT2D eigenvalue weighted by Crippen LogP contribution is 2.05. The summed E-state index contributed by atoms with van der Waals surface area (Å²) in [6, 6.07) is 3.03. The summed E-state index contributed by atoms with van der Waals surface area (Å²) in [4.78, 5) is 11.7. The van der Waals surface area contributed by atoms with Crippen LogP contribution in [0.5, 0.6) is 0 Å². The summed E-state index contributed by atoms with van der Waals surface area (Å²) < 4.78 is 9.73. The quantitative estimate of drug-likeness (QED) is 0.804. The van der Waals surface area contributed by atoms with E-state index in [4.69, 9.17) is 14.5 Å². The van der Waals surface area contributed by atoms with Gasteiger partial charge in [-0.25, -0.2) is 0 Å². The molecule has 0 radical (unpaired) electrons. The molecule has 0 fully saturated rings. The highest BCUT2D eigenvalue weighted by molar-refractivity contribution is 5.92. The van der Waals surface area contributed by atoms with Gasteiger partial charge >= 0.3 is 0 Å². The van der Waals surface area contributed by atoms with E-state index >= 15 is 0 Å². The summed E-state index contributed by atoms with van der Waals surface area (Å²) in [6.45, 7) is 2.21. The molecule has 1 aromatic rings. The highest BCUT2D eigenvalue weighted by atomic mass is 16.5. The van der Waals surface area contributed by atoms with Gasteiger partial charge in [-0.2, -0.15) is 5.26 Å². The van der Waals surface area contributed by atoms with Crippen LogP contribution in [0, 0.1) is 11.3 Å². The molecule has 0 saturated heterocycles. The number of nitrogens with zero attached hydrogens (tertiary/aromatic N) is 2. The van der Waals surface area contributed by atoms with E-state index in [2.05, 4.69) is 10.5 Å². The molecule has 1 N–H and O–H groups in total. The molecule has 92 valence electrons. The van der Waals surface area contributed by atoms with Crippen LogP contribution in [0.1, 0.15) is 36.0 Å². The smallest absolute Gasteiger partial charge is 0.274 e. The number of hydrogen-bond acceptors (Lipinski definition) is 5. The third-order valence-electron chi connectivity index (χ3n) is 2.12. The molecule has 1 rings (SSSR count). The number of methoxy groups -OCH3 is 1. The standard InChI is InChI=1S/C11H15N3O3/c1-3-4-8(6-12)13-11(15)10-5-9(7-16-2)17-14-10/h5,8H,3-4,7H2,1-2H3,(H,13,15). The van der Waals surface area contributed by atoms with Crippen molar-refractivity contribution in [3.63, 3.8) is 0 Å². The van der Waals surface area contributed by atoms with Gasteiger partial charge in [0, 0.05) is 13.2 Å². The molecular formula is C11H15N3O3. The van der Waals surface area contributed by atoms with Crippen molar-refractivity contribution >= 4 is 5.91 Å². The average Bonchev–Trinajstić information content (AvgIpc) is 2.77. The molecule has 0 aliphatic carbocycles. The number of rotatable bonds is 6. The van der Waals surface area contributed by atoms with E-state index in [9.17, 15) is 4.79 Å². The number of aromatic nitrogens is 1. The molecule has 1 atom stereocenters. The second-order valence-corrected chi connectivity index (χ2v) is 3.56. The fourth-order valence-corrected chi connectivity index (χ4v) is 1.32. The Labute approximate surface area is 99.5 Å². The summed E-state index contributed by atoms with van der Waals surface area (Å²) in [7, 11) is 1.52. The van der Waals surface area contributed by atoms with E-state index in [-0.39, 0.29) is 12.3 Å². The largest absolute Gasteiger partial charge is 0.377 e. The molecule has 0 saturated carbocycles. The summed E-state index contributed by atoms with van der Waals surface area (Å²) in [5.74, 6) is 0.0674. The average molecular weight is 237 g/mol. The monoisotopic (exact) mass is 237 g/mol. The molecule has 6 heteroatoms. The van der Waals surface area contributed by atoms with Crippen molar-refractivity contribution in [1.82, 2.24) is 10.5 Å². The van der Waals surface area contributed by atoms with Crippen LogP contribution < -0.4 is 5.32 Å². The van der Waals surface area contributed by atoms with E-state index in [1.165, 1.54) is 13.2 Å². The van der Waals surface area contributed by atoms with Crippen LogP contribution >= 0.6 is 0 Å². The van der Waals surface area contributed by atoms with Gasteiger partial charge in [-0.1, -0.05) is 18.5 Å². The first-order valence-corrected chi connectivity index (χ1v) is 5.36. The van der Waals surface area contributed by atoms with Crippen molar-refractivity contribution in [2.45, 2.75) is 32.4 Å². The van der Waals surface area contributed by atoms with Gasteiger partial charge in [0.1, 0.15) is 12.6 Å². The van der Waals surface area contributed by atoms with Gasteiger partial charge in [0.2, 0.25) is 0 Å². The van der Waals surface area contributed by atoms with Gasteiger partial charge in [0.15, 0.2) is 11.5 Å². The number of amides is 1. The number of nitrogens with one attached hydrogen (secondary N) is 1. The molecule has 6 nitrogen and oxygen atoms in total. The minimum absolute atomic E-state index is 0.161. The fourth-order valence-electron chi connectivity index (χ4n) is 1.32. The first kappa shape index (κ1) is 13.2.